The molecule has 0 atom stereocenters. The molecule has 0 bridgehead atoms. The van der Waals surface area contributed by atoms with Crippen LogP contribution in [-0.2, 0) is 9.53 Å². The van der Waals surface area contributed by atoms with E-state index in [9.17, 15) is 9.59 Å². The summed E-state index contributed by atoms with van der Waals surface area (Å²) in [5, 5.41) is 0. The summed E-state index contributed by atoms with van der Waals surface area (Å²) in [6.07, 6.45) is -0.362. The average molecular weight is 497 g/mol. The van der Waals surface area contributed by atoms with Crippen molar-refractivity contribution in [2.45, 2.75) is 26.4 Å². The summed E-state index contributed by atoms with van der Waals surface area (Å²) in [4.78, 5) is 36.2. The Hall–Kier alpha value is -3.95. The second kappa shape index (κ2) is 10.3. The SMILES string of the molecule is COc1ccc2nc(-c3ccc(OCC(=O)N4CCN(C(=O)OC(C)(C)C)CC4)c(OC)c3)[nH]c2c1. The van der Waals surface area contributed by atoms with E-state index in [1.807, 2.05) is 51.1 Å². The van der Waals surface area contributed by atoms with Gasteiger partial charge < -0.3 is 33.7 Å². The number of rotatable bonds is 6. The standard InChI is InChI=1S/C26H32N4O6/c1-26(2,3)36-25(32)30-12-10-29(11-13-30)23(31)16-35-21-9-6-17(14-22(21)34-5)24-27-19-8-7-18(33-4)15-20(19)28-24/h6-9,14-15H,10-13,16H2,1-5H3,(H,27,28). The number of aromatic amines is 1. The molecule has 1 N–H and O–H groups in total. The van der Waals surface area contributed by atoms with Crippen molar-refractivity contribution in [1.82, 2.24) is 19.8 Å². The molecule has 1 aliphatic rings. The molecule has 2 amide bonds. The fourth-order valence-electron chi connectivity index (χ4n) is 3.88. The molecule has 0 unspecified atom stereocenters. The zero-order valence-corrected chi connectivity index (χ0v) is 21.3. The maximum Gasteiger partial charge on any atom is 0.410 e. The Morgan fingerprint density at radius 2 is 1.67 bits per heavy atom. The van der Waals surface area contributed by atoms with Gasteiger partial charge in [0.25, 0.3) is 5.91 Å². The van der Waals surface area contributed by atoms with Crippen LogP contribution in [0.15, 0.2) is 36.4 Å². The Labute approximate surface area is 210 Å². The molecule has 1 saturated heterocycles. The minimum absolute atomic E-state index is 0.132. The van der Waals surface area contributed by atoms with Gasteiger partial charge in [-0.05, 0) is 51.1 Å². The predicted octanol–water partition coefficient (Wildman–Crippen LogP) is 3.71. The lowest BCUT2D eigenvalue weighted by Gasteiger charge is -2.35. The normalized spacial score (nSPS) is 14.0. The lowest BCUT2D eigenvalue weighted by molar-refractivity contribution is -0.135. The monoisotopic (exact) mass is 496 g/mol. The zero-order chi connectivity index (χ0) is 25.9. The largest absolute Gasteiger partial charge is 0.497 e. The first-order valence-corrected chi connectivity index (χ1v) is 11.8. The number of H-pyrrole nitrogens is 1. The zero-order valence-electron chi connectivity index (χ0n) is 21.3. The van der Waals surface area contributed by atoms with Gasteiger partial charge in [-0.2, -0.15) is 0 Å². The molecular weight excluding hydrogens is 464 g/mol. The highest BCUT2D eigenvalue weighted by molar-refractivity contribution is 5.81. The minimum atomic E-state index is -0.551. The summed E-state index contributed by atoms with van der Waals surface area (Å²) >= 11 is 0. The fraction of sp³-hybridized carbons (Fsp3) is 0.423. The number of hydrogen-bond donors (Lipinski definition) is 1. The molecule has 2 aromatic carbocycles. The van der Waals surface area contributed by atoms with E-state index < -0.39 is 5.60 Å². The third kappa shape index (κ3) is 5.81. The van der Waals surface area contributed by atoms with Crippen LogP contribution in [0.3, 0.4) is 0 Å². The molecule has 1 aromatic heterocycles. The summed E-state index contributed by atoms with van der Waals surface area (Å²) in [7, 11) is 3.17. The van der Waals surface area contributed by atoms with Crippen molar-refractivity contribution in [3.63, 3.8) is 0 Å². The van der Waals surface area contributed by atoms with Gasteiger partial charge >= 0.3 is 6.09 Å². The van der Waals surface area contributed by atoms with Gasteiger partial charge in [0.05, 0.1) is 25.3 Å². The van der Waals surface area contributed by atoms with Crippen LogP contribution < -0.4 is 14.2 Å². The lowest BCUT2D eigenvalue weighted by atomic mass is 10.2. The van der Waals surface area contributed by atoms with Crippen LogP contribution in [0.5, 0.6) is 17.2 Å². The van der Waals surface area contributed by atoms with E-state index in [2.05, 4.69) is 9.97 Å². The van der Waals surface area contributed by atoms with Gasteiger partial charge in [-0.1, -0.05) is 0 Å². The van der Waals surface area contributed by atoms with Gasteiger partial charge in [0.15, 0.2) is 18.1 Å². The molecule has 1 aliphatic heterocycles. The molecule has 2 heterocycles. The Morgan fingerprint density at radius 1 is 0.944 bits per heavy atom. The van der Waals surface area contributed by atoms with Crippen LogP contribution in [0, 0.1) is 0 Å². The molecule has 4 rings (SSSR count). The minimum Gasteiger partial charge on any atom is -0.497 e. The molecular formula is C26H32N4O6. The summed E-state index contributed by atoms with van der Waals surface area (Å²) in [6, 6.07) is 11.1. The van der Waals surface area contributed by atoms with Crippen molar-refractivity contribution >= 4 is 23.0 Å². The molecule has 0 spiro atoms. The Balaban J connectivity index is 1.36. The Bertz CT molecular complexity index is 1240. The lowest BCUT2D eigenvalue weighted by Crippen LogP contribution is -2.52. The van der Waals surface area contributed by atoms with E-state index in [0.717, 1.165) is 22.3 Å². The number of carbonyl (C=O) groups excluding carboxylic acids is 2. The van der Waals surface area contributed by atoms with Crippen LogP contribution >= 0.6 is 0 Å². The number of piperazine rings is 1. The number of nitrogens with zero attached hydrogens (tertiary/aromatic N) is 3. The molecule has 0 radical (unpaired) electrons. The number of benzene rings is 2. The smallest absolute Gasteiger partial charge is 0.410 e. The van der Waals surface area contributed by atoms with Crippen LogP contribution in [0.4, 0.5) is 4.79 Å². The van der Waals surface area contributed by atoms with Crippen LogP contribution in [0.25, 0.3) is 22.4 Å². The van der Waals surface area contributed by atoms with Crippen molar-refractivity contribution in [1.29, 1.82) is 0 Å². The number of amides is 2. The van der Waals surface area contributed by atoms with Gasteiger partial charge in [-0.3, -0.25) is 4.79 Å². The van der Waals surface area contributed by atoms with Crippen molar-refractivity contribution in [2.24, 2.45) is 0 Å². The molecule has 10 nitrogen and oxygen atoms in total. The number of aromatic nitrogens is 2. The summed E-state index contributed by atoms with van der Waals surface area (Å²) in [6.45, 7) is 7.05. The van der Waals surface area contributed by atoms with Crippen molar-refractivity contribution in [3.8, 4) is 28.6 Å². The first kappa shape index (κ1) is 25.2. The average Bonchev–Trinajstić information content (AvgIpc) is 3.29. The second-order valence-electron chi connectivity index (χ2n) is 9.47. The molecule has 36 heavy (non-hydrogen) atoms. The predicted molar refractivity (Wildman–Crippen MR) is 135 cm³/mol. The van der Waals surface area contributed by atoms with Crippen molar-refractivity contribution in [2.75, 3.05) is 47.0 Å². The van der Waals surface area contributed by atoms with E-state index in [1.165, 1.54) is 0 Å². The molecule has 0 saturated carbocycles. The fourth-order valence-corrected chi connectivity index (χ4v) is 3.88. The quantitative estimate of drug-likeness (QED) is 0.555. The van der Waals surface area contributed by atoms with E-state index in [1.54, 1.807) is 30.1 Å². The highest BCUT2D eigenvalue weighted by Crippen LogP contribution is 2.33. The highest BCUT2D eigenvalue weighted by Gasteiger charge is 2.28. The molecule has 192 valence electrons. The maximum absolute atomic E-state index is 12.7. The van der Waals surface area contributed by atoms with E-state index in [4.69, 9.17) is 18.9 Å². The topological polar surface area (TPSA) is 106 Å². The number of nitrogens with one attached hydrogen (secondary N) is 1. The first-order valence-electron chi connectivity index (χ1n) is 11.8. The summed E-state index contributed by atoms with van der Waals surface area (Å²) in [5.41, 5.74) is 1.95. The molecule has 3 aromatic rings. The summed E-state index contributed by atoms with van der Waals surface area (Å²) in [5.74, 6) is 2.22. The molecule has 10 heteroatoms. The summed E-state index contributed by atoms with van der Waals surface area (Å²) < 4.78 is 22.0. The van der Waals surface area contributed by atoms with Crippen LogP contribution in [-0.4, -0.2) is 84.4 Å². The molecule has 1 fully saturated rings. The number of carbonyl (C=O) groups is 2. The number of imidazole rings is 1. The number of methoxy groups -OCH3 is 2. The van der Waals surface area contributed by atoms with E-state index in [-0.39, 0.29) is 18.6 Å². The second-order valence-corrected chi connectivity index (χ2v) is 9.47. The third-order valence-electron chi connectivity index (χ3n) is 5.76. The van der Waals surface area contributed by atoms with Gasteiger partial charge in [-0.15, -0.1) is 0 Å². The van der Waals surface area contributed by atoms with E-state index in [0.29, 0.717) is 43.5 Å². The third-order valence-corrected chi connectivity index (χ3v) is 5.76. The van der Waals surface area contributed by atoms with Crippen molar-refractivity contribution in [3.05, 3.63) is 36.4 Å². The Kier molecular flexibility index (Phi) is 7.23. The highest BCUT2D eigenvalue weighted by atomic mass is 16.6. The van der Waals surface area contributed by atoms with Crippen molar-refractivity contribution < 1.29 is 28.5 Å². The van der Waals surface area contributed by atoms with Gasteiger partial charge in [0.2, 0.25) is 0 Å². The number of ether oxygens (including phenoxy) is 4. The van der Waals surface area contributed by atoms with Gasteiger partial charge in [0.1, 0.15) is 17.2 Å². The number of hydrogen-bond acceptors (Lipinski definition) is 7. The molecule has 0 aliphatic carbocycles. The van der Waals surface area contributed by atoms with Gasteiger partial charge in [0, 0.05) is 37.8 Å². The number of fused-ring (bicyclic) bond motifs is 1. The van der Waals surface area contributed by atoms with Gasteiger partial charge in [-0.25, -0.2) is 9.78 Å². The first-order chi connectivity index (χ1) is 17.2. The van der Waals surface area contributed by atoms with Crippen LogP contribution in [0.2, 0.25) is 0 Å². The van der Waals surface area contributed by atoms with E-state index >= 15 is 0 Å². The Morgan fingerprint density at radius 3 is 2.33 bits per heavy atom. The maximum atomic E-state index is 12.7. The van der Waals surface area contributed by atoms with Crippen LogP contribution in [0.1, 0.15) is 20.8 Å².